The summed E-state index contributed by atoms with van der Waals surface area (Å²) in [4.78, 5) is 12.3. The number of nitrogens with zero attached hydrogens (tertiary/aromatic N) is 3. The number of hydrogen-bond acceptors (Lipinski definition) is 5. The number of benzene rings is 1. The highest BCUT2D eigenvalue weighted by Gasteiger charge is 2.27. The molecule has 1 amide bonds. The molecule has 0 bridgehead atoms. The number of hydrazone groups is 1. The summed E-state index contributed by atoms with van der Waals surface area (Å²) >= 11 is 5.99. The molecule has 6 nitrogen and oxygen atoms in total. The highest BCUT2D eigenvalue weighted by Crippen LogP contribution is 2.36. The lowest BCUT2D eigenvalue weighted by molar-refractivity contribution is -0.125. The van der Waals surface area contributed by atoms with Gasteiger partial charge in [-0.2, -0.15) is 10.4 Å². The molecule has 1 aromatic carbocycles. The number of rotatable bonds is 5. The van der Waals surface area contributed by atoms with Crippen LogP contribution >= 0.6 is 11.6 Å². The second-order valence-corrected chi connectivity index (χ2v) is 5.27. The van der Waals surface area contributed by atoms with Gasteiger partial charge >= 0.3 is 0 Å². The van der Waals surface area contributed by atoms with Crippen LogP contribution in [-0.4, -0.2) is 34.9 Å². The van der Waals surface area contributed by atoms with Crippen LogP contribution in [0.25, 0.3) is 6.08 Å². The predicted molar refractivity (Wildman–Crippen MR) is 87.3 cm³/mol. The quantitative estimate of drug-likeness (QED) is 0.839. The van der Waals surface area contributed by atoms with Crippen molar-refractivity contribution >= 4 is 29.3 Å². The Morgan fingerprint density at radius 1 is 1.52 bits per heavy atom. The number of phenols is 1. The molecule has 120 valence electrons. The molecule has 1 aliphatic rings. The van der Waals surface area contributed by atoms with Gasteiger partial charge in [-0.25, -0.2) is 5.01 Å². The summed E-state index contributed by atoms with van der Waals surface area (Å²) in [6.45, 7) is 4.15. The fourth-order valence-electron chi connectivity index (χ4n) is 2.16. The summed E-state index contributed by atoms with van der Waals surface area (Å²) in [5.41, 5.74) is 1.61. The topological polar surface area (TPSA) is 85.9 Å². The largest absolute Gasteiger partial charge is 0.503 e. The first kappa shape index (κ1) is 16.8. The van der Waals surface area contributed by atoms with Crippen LogP contribution in [0.2, 0.25) is 5.02 Å². The number of phenolic OH excluding ortho intramolecular Hbond substituents is 1. The van der Waals surface area contributed by atoms with Gasteiger partial charge in [0, 0.05) is 0 Å². The van der Waals surface area contributed by atoms with Gasteiger partial charge < -0.3 is 9.84 Å². The number of nitriles is 1. The minimum atomic E-state index is -0.264. The summed E-state index contributed by atoms with van der Waals surface area (Å²) in [6.07, 6.45) is 1.86. The molecular weight excluding hydrogens is 318 g/mol. The summed E-state index contributed by atoms with van der Waals surface area (Å²) in [5.74, 6) is -0.136. The van der Waals surface area contributed by atoms with Crippen molar-refractivity contribution < 1.29 is 14.6 Å². The summed E-state index contributed by atoms with van der Waals surface area (Å²) in [6, 6.07) is 5.14. The van der Waals surface area contributed by atoms with Crippen LogP contribution in [0.4, 0.5) is 0 Å². The molecule has 7 heteroatoms. The van der Waals surface area contributed by atoms with Crippen LogP contribution in [0.3, 0.4) is 0 Å². The van der Waals surface area contributed by atoms with Gasteiger partial charge in [0.15, 0.2) is 11.5 Å². The van der Waals surface area contributed by atoms with E-state index in [2.05, 4.69) is 5.10 Å². The summed E-state index contributed by atoms with van der Waals surface area (Å²) in [7, 11) is 0. The van der Waals surface area contributed by atoms with E-state index in [-0.39, 0.29) is 35.4 Å². The lowest BCUT2D eigenvalue weighted by atomic mass is 10.1. The number of carbonyl (C=O) groups excluding carboxylic acids is 1. The molecule has 1 heterocycles. The first-order valence-corrected chi connectivity index (χ1v) is 7.47. The number of amides is 1. The molecule has 0 radical (unpaired) electrons. The Kier molecular flexibility index (Phi) is 5.24. The molecule has 0 aromatic heterocycles. The second-order valence-electron chi connectivity index (χ2n) is 4.86. The van der Waals surface area contributed by atoms with E-state index in [1.165, 1.54) is 5.01 Å². The van der Waals surface area contributed by atoms with Crippen LogP contribution in [0, 0.1) is 11.3 Å². The number of ether oxygens (including phenoxy) is 1. The van der Waals surface area contributed by atoms with Crippen molar-refractivity contribution in [2.24, 2.45) is 5.10 Å². The normalized spacial score (nSPS) is 15.7. The lowest BCUT2D eigenvalue weighted by Gasteiger charge is -2.10. The SMILES string of the molecule is CCOc1cc(/C=C2\C(=O)N(CCC#N)N=C2C)cc(Cl)c1O. The molecule has 23 heavy (non-hydrogen) atoms. The van der Waals surface area contributed by atoms with Crippen molar-refractivity contribution in [3.8, 4) is 17.6 Å². The standard InChI is InChI=1S/C16H16ClN3O3/c1-3-23-14-9-11(8-13(17)15(14)21)7-12-10(2)19-20(16(12)22)6-4-5-18/h7-9,21H,3-4,6H2,1-2H3/b12-7-. The zero-order chi connectivity index (χ0) is 17.0. The molecule has 0 unspecified atom stereocenters. The predicted octanol–water partition coefficient (Wildman–Crippen LogP) is 2.96. The minimum absolute atomic E-state index is 0.130. The van der Waals surface area contributed by atoms with E-state index in [0.29, 0.717) is 23.5 Å². The molecule has 0 atom stereocenters. The summed E-state index contributed by atoms with van der Waals surface area (Å²) in [5, 5.41) is 24.0. The molecule has 1 N–H and O–H groups in total. The van der Waals surface area contributed by atoms with Crippen molar-refractivity contribution in [2.75, 3.05) is 13.2 Å². The van der Waals surface area contributed by atoms with Gasteiger partial charge in [0.25, 0.3) is 5.91 Å². The van der Waals surface area contributed by atoms with Gasteiger partial charge in [0.2, 0.25) is 0 Å². The van der Waals surface area contributed by atoms with Crippen molar-refractivity contribution in [3.63, 3.8) is 0 Å². The fraction of sp³-hybridized carbons (Fsp3) is 0.312. The minimum Gasteiger partial charge on any atom is -0.503 e. The number of halogens is 1. The molecular formula is C16H16ClN3O3. The van der Waals surface area contributed by atoms with E-state index in [1.807, 2.05) is 6.07 Å². The van der Waals surface area contributed by atoms with E-state index in [4.69, 9.17) is 21.6 Å². The van der Waals surface area contributed by atoms with Gasteiger partial charge in [-0.3, -0.25) is 4.79 Å². The van der Waals surface area contributed by atoms with Crippen molar-refractivity contribution in [2.45, 2.75) is 20.3 Å². The maximum atomic E-state index is 12.3. The molecule has 0 fully saturated rings. The van der Waals surface area contributed by atoms with Gasteiger partial charge in [0.1, 0.15) is 0 Å². The number of hydrogen-bond donors (Lipinski definition) is 1. The van der Waals surface area contributed by atoms with Crippen molar-refractivity contribution in [1.82, 2.24) is 5.01 Å². The van der Waals surface area contributed by atoms with Gasteiger partial charge in [-0.1, -0.05) is 11.6 Å². The van der Waals surface area contributed by atoms with E-state index in [0.717, 1.165) is 0 Å². The van der Waals surface area contributed by atoms with Gasteiger partial charge in [-0.15, -0.1) is 0 Å². The first-order valence-electron chi connectivity index (χ1n) is 7.09. The van der Waals surface area contributed by atoms with E-state index >= 15 is 0 Å². The van der Waals surface area contributed by atoms with E-state index in [9.17, 15) is 9.90 Å². The second kappa shape index (κ2) is 7.16. The lowest BCUT2D eigenvalue weighted by Crippen LogP contribution is -2.22. The average Bonchev–Trinajstić information content (AvgIpc) is 2.78. The monoisotopic (exact) mass is 333 g/mol. The Bertz CT molecular complexity index is 735. The van der Waals surface area contributed by atoms with Gasteiger partial charge in [0.05, 0.1) is 41.9 Å². The Morgan fingerprint density at radius 2 is 2.26 bits per heavy atom. The fourth-order valence-corrected chi connectivity index (χ4v) is 2.38. The number of aromatic hydroxyl groups is 1. The van der Waals surface area contributed by atoms with E-state index < -0.39 is 0 Å². The molecule has 2 rings (SSSR count). The molecule has 0 aliphatic carbocycles. The third kappa shape index (κ3) is 3.63. The maximum absolute atomic E-state index is 12.3. The van der Waals surface area contributed by atoms with Crippen LogP contribution in [0.1, 0.15) is 25.8 Å². The van der Waals surface area contributed by atoms with Crippen molar-refractivity contribution in [3.05, 3.63) is 28.3 Å². The van der Waals surface area contributed by atoms with Crippen LogP contribution < -0.4 is 4.74 Å². The van der Waals surface area contributed by atoms with E-state index in [1.54, 1.807) is 32.1 Å². The summed E-state index contributed by atoms with van der Waals surface area (Å²) < 4.78 is 5.33. The smallest absolute Gasteiger partial charge is 0.275 e. The molecule has 0 saturated carbocycles. The Hall–Kier alpha value is -2.52. The molecule has 0 spiro atoms. The molecule has 1 aliphatic heterocycles. The highest BCUT2D eigenvalue weighted by molar-refractivity contribution is 6.32. The Labute approximate surface area is 139 Å². The van der Waals surface area contributed by atoms with Crippen LogP contribution in [0.15, 0.2) is 22.8 Å². The highest BCUT2D eigenvalue weighted by atomic mass is 35.5. The zero-order valence-corrected chi connectivity index (χ0v) is 13.6. The molecule has 0 saturated heterocycles. The Balaban J connectivity index is 2.34. The van der Waals surface area contributed by atoms with Gasteiger partial charge in [-0.05, 0) is 37.6 Å². The van der Waals surface area contributed by atoms with Crippen LogP contribution in [-0.2, 0) is 4.79 Å². The zero-order valence-electron chi connectivity index (χ0n) is 12.8. The number of carbonyl (C=O) groups is 1. The first-order chi connectivity index (χ1) is 11.0. The third-order valence-corrected chi connectivity index (χ3v) is 3.51. The average molecular weight is 334 g/mol. The van der Waals surface area contributed by atoms with Crippen molar-refractivity contribution in [1.29, 1.82) is 5.26 Å². The molecule has 1 aromatic rings. The third-order valence-electron chi connectivity index (χ3n) is 3.22. The van der Waals surface area contributed by atoms with Crippen LogP contribution in [0.5, 0.6) is 11.5 Å². The Morgan fingerprint density at radius 3 is 2.91 bits per heavy atom. The maximum Gasteiger partial charge on any atom is 0.275 e.